The summed E-state index contributed by atoms with van der Waals surface area (Å²) >= 11 is 0. The van der Waals surface area contributed by atoms with Crippen LogP contribution in [0.3, 0.4) is 0 Å². The Bertz CT molecular complexity index is 571. The molecule has 0 fully saturated rings. The number of benzene rings is 2. The van der Waals surface area contributed by atoms with E-state index < -0.39 is 0 Å². The lowest BCUT2D eigenvalue weighted by Gasteiger charge is -2.21. The van der Waals surface area contributed by atoms with E-state index in [2.05, 4.69) is 0 Å². The fourth-order valence-electron chi connectivity index (χ4n) is 2.18. The van der Waals surface area contributed by atoms with Gasteiger partial charge in [-0.3, -0.25) is 0 Å². The molecule has 20 heavy (non-hydrogen) atoms. The molecule has 1 aliphatic rings. The van der Waals surface area contributed by atoms with Crippen molar-refractivity contribution in [2.45, 2.75) is 6.10 Å². The lowest BCUT2D eigenvalue weighted by atomic mass is 10.1. The molecule has 2 nitrogen and oxygen atoms in total. The quantitative estimate of drug-likeness (QED) is 0.830. The van der Waals surface area contributed by atoms with Crippen LogP contribution in [0.4, 0.5) is 0 Å². The molecule has 2 heteroatoms. The van der Waals surface area contributed by atoms with Crippen molar-refractivity contribution >= 4 is 11.5 Å². The van der Waals surface area contributed by atoms with Crippen molar-refractivity contribution in [2.75, 3.05) is 7.11 Å². The van der Waals surface area contributed by atoms with Gasteiger partial charge in [0.25, 0.3) is 0 Å². The third kappa shape index (κ3) is 2.65. The second-order valence-electron chi connectivity index (χ2n) is 4.60. The number of ether oxygens (including phenoxy) is 2. The minimum atomic E-state index is -0.0748. The third-order valence-electron chi connectivity index (χ3n) is 3.24. The molecule has 0 N–H and O–H groups in total. The zero-order valence-electron chi connectivity index (χ0n) is 11.3. The molecule has 3 rings (SSSR count). The summed E-state index contributed by atoms with van der Waals surface area (Å²) in [6, 6.07) is 20.1. The molecule has 0 atom stereocenters. The topological polar surface area (TPSA) is 18.5 Å². The highest BCUT2D eigenvalue weighted by Gasteiger charge is 2.17. The number of methoxy groups -OCH3 is 1. The van der Waals surface area contributed by atoms with Gasteiger partial charge in [-0.1, -0.05) is 60.7 Å². The monoisotopic (exact) mass is 264 g/mol. The molecule has 2 aromatic carbocycles. The number of rotatable bonds is 3. The molecule has 2 aromatic rings. The van der Waals surface area contributed by atoms with Crippen LogP contribution < -0.4 is 0 Å². The molecule has 1 heterocycles. The molecular formula is C18H16O2. The van der Waals surface area contributed by atoms with Gasteiger partial charge in [-0.2, -0.15) is 0 Å². The minimum absolute atomic E-state index is 0.0748. The summed E-state index contributed by atoms with van der Waals surface area (Å²) in [5.74, 6) is 1.66. The SMILES string of the molecule is COC1C=C(c2ccccc2)OC(c2ccccc2)=C1. The molecule has 100 valence electrons. The molecule has 0 aromatic heterocycles. The molecule has 0 spiro atoms. The first-order valence-corrected chi connectivity index (χ1v) is 6.62. The first kappa shape index (κ1) is 12.7. The lowest BCUT2D eigenvalue weighted by molar-refractivity contribution is 0.172. The van der Waals surface area contributed by atoms with Crippen LogP contribution in [-0.4, -0.2) is 13.2 Å². The average Bonchev–Trinajstić information content (AvgIpc) is 2.56. The molecule has 0 bridgehead atoms. The first-order valence-electron chi connectivity index (χ1n) is 6.62. The van der Waals surface area contributed by atoms with E-state index in [9.17, 15) is 0 Å². The average molecular weight is 264 g/mol. The van der Waals surface area contributed by atoms with Gasteiger partial charge in [0.2, 0.25) is 0 Å². The normalized spacial score (nSPS) is 15.2. The van der Waals surface area contributed by atoms with Gasteiger partial charge in [0.15, 0.2) is 0 Å². The Morgan fingerprint density at radius 3 is 1.60 bits per heavy atom. The van der Waals surface area contributed by atoms with E-state index in [0.29, 0.717) is 0 Å². The van der Waals surface area contributed by atoms with Crippen LogP contribution >= 0.6 is 0 Å². The van der Waals surface area contributed by atoms with E-state index in [0.717, 1.165) is 22.6 Å². The van der Waals surface area contributed by atoms with Crippen molar-refractivity contribution in [3.05, 3.63) is 83.9 Å². The van der Waals surface area contributed by atoms with E-state index in [1.54, 1.807) is 7.11 Å². The van der Waals surface area contributed by atoms with Crippen LogP contribution in [0.15, 0.2) is 72.8 Å². The minimum Gasteiger partial charge on any atom is -0.457 e. The zero-order chi connectivity index (χ0) is 13.8. The van der Waals surface area contributed by atoms with Crippen molar-refractivity contribution in [2.24, 2.45) is 0 Å². The summed E-state index contributed by atoms with van der Waals surface area (Å²) in [6.07, 6.45) is 3.90. The van der Waals surface area contributed by atoms with E-state index in [1.165, 1.54) is 0 Å². The van der Waals surface area contributed by atoms with Gasteiger partial charge in [0, 0.05) is 18.2 Å². The zero-order valence-corrected chi connectivity index (χ0v) is 11.3. The van der Waals surface area contributed by atoms with Crippen molar-refractivity contribution in [3.63, 3.8) is 0 Å². The molecule has 0 saturated heterocycles. The van der Waals surface area contributed by atoms with Crippen LogP contribution in [0.25, 0.3) is 11.5 Å². The molecule has 0 unspecified atom stereocenters. The van der Waals surface area contributed by atoms with Crippen LogP contribution in [0.2, 0.25) is 0 Å². The molecule has 1 aliphatic heterocycles. The maximum absolute atomic E-state index is 6.03. The Balaban J connectivity index is 1.94. The lowest BCUT2D eigenvalue weighted by Crippen LogP contribution is -2.11. The Morgan fingerprint density at radius 1 is 0.750 bits per heavy atom. The second-order valence-corrected chi connectivity index (χ2v) is 4.60. The van der Waals surface area contributed by atoms with Gasteiger partial charge in [-0.25, -0.2) is 0 Å². The van der Waals surface area contributed by atoms with E-state index in [-0.39, 0.29) is 6.10 Å². The smallest absolute Gasteiger partial charge is 0.133 e. The van der Waals surface area contributed by atoms with E-state index in [4.69, 9.17) is 9.47 Å². The molecule has 0 aliphatic carbocycles. The Morgan fingerprint density at radius 2 is 1.20 bits per heavy atom. The van der Waals surface area contributed by atoms with Crippen LogP contribution in [0.5, 0.6) is 0 Å². The van der Waals surface area contributed by atoms with Crippen molar-refractivity contribution in [1.82, 2.24) is 0 Å². The van der Waals surface area contributed by atoms with Gasteiger partial charge in [0.1, 0.15) is 17.6 Å². The van der Waals surface area contributed by atoms with Gasteiger partial charge >= 0.3 is 0 Å². The second kappa shape index (κ2) is 5.76. The standard InChI is InChI=1S/C18H16O2/c1-19-16-12-17(14-8-4-2-5-9-14)20-18(13-16)15-10-6-3-7-11-15/h2-13,16H,1H3. The van der Waals surface area contributed by atoms with Crippen molar-refractivity contribution in [1.29, 1.82) is 0 Å². The predicted octanol–water partition coefficient (Wildman–Crippen LogP) is 4.11. The summed E-state index contributed by atoms with van der Waals surface area (Å²) in [5, 5.41) is 0. The Hall–Kier alpha value is -2.32. The third-order valence-corrected chi connectivity index (χ3v) is 3.24. The first-order chi connectivity index (χ1) is 9.86. The fourth-order valence-corrected chi connectivity index (χ4v) is 2.18. The summed E-state index contributed by atoms with van der Waals surface area (Å²) in [6.45, 7) is 0. The van der Waals surface area contributed by atoms with Crippen LogP contribution in [0, 0.1) is 0 Å². The number of hydrogen-bond acceptors (Lipinski definition) is 2. The Labute approximate surface area is 119 Å². The summed E-state index contributed by atoms with van der Waals surface area (Å²) in [5.41, 5.74) is 2.10. The molecule has 0 saturated carbocycles. The predicted molar refractivity (Wildman–Crippen MR) is 80.7 cm³/mol. The maximum Gasteiger partial charge on any atom is 0.133 e. The van der Waals surface area contributed by atoms with E-state index in [1.807, 2.05) is 72.8 Å². The summed E-state index contributed by atoms with van der Waals surface area (Å²) < 4.78 is 11.5. The highest BCUT2D eigenvalue weighted by atomic mass is 16.5. The summed E-state index contributed by atoms with van der Waals surface area (Å²) in [4.78, 5) is 0. The van der Waals surface area contributed by atoms with E-state index >= 15 is 0 Å². The molecule has 0 amide bonds. The van der Waals surface area contributed by atoms with Gasteiger partial charge < -0.3 is 9.47 Å². The van der Waals surface area contributed by atoms with Crippen molar-refractivity contribution in [3.8, 4) is 0 Å². The largest absolute Gasteiger partial charge is 0.457 e. The molecule has 0 radical (unpaired) electrons. The fraction of sp³-hybridized carbons (Fsp3) is 0.111. The maximum atomic E-state index is 6.03. The van der Waals surface area contributed by atoms with Crippen LogP contribution in [-0.2, 0) is 9.47 Å². The van der Waals surface area contributed by atoms with Crippen LogP contribution in [0.1, 0.15) is 11.1 Å². The highest BCUT2D eigenvalue weighted by molar-refractivity contribution is 5.73. The molecular weight excluding hydrogens is 248 g/mol. The van der Waals surface area contributed by atoms with Gasteiger partial charge in [-0.05, 0) is 12.2 Å². The highest BCUT2D eigenvalue weighted by Crippen LogP contribution is 2.30. The Kier molecular flexibility index (Phi) is 3.66. The van der Waals surface area contributed by atoms with Crippen molar-refractivity contribution < 1.29 is 9.47 Å². The number of hydrogen-bond donors (Lipinski definition) is 0. The summed E-state index contributed by atoms with van der Waals surface area (Å²) in [7, 11) is 1.70. The van der Waals surface area contributed by atoms with Gasteiger partial charge in [-0.15, -0.1) is 0 Å². The van der Waals surface area contributed by atoms with Gasteiger partial charge in [0.05, 0.1) is 0 Å².